The summed E-state index contributed by atoms with van der Waals surface area (Å²) in [7, 11) is 0. The van der Waals surface area contributed by atoms with Crippen molar-refractivity contribution in [2.75, 3.05) is 13.2 Å². The van der Waals surface area contributed by atoms with Crippen LogP contribution in [0.2, 0.25) is 0 Å². The fraction of sp³-hybridized carbons (Fsp3) is 0.130. The summed E-state index contributed by atoms with van der Waals surface area (Å²) in [5.74, 6) is 1.29. The lowest BCUT2D eigenvalue weighted by atomic mass is 10.0. The fourth-order valence-corrected chi connectivity index (χ4v) is 2.78. The van der Waals surface area contributed by atoms with Crippen molar-refractivity contribution in [3.63, 3.8) is 0 Å². The van der Waals surface area contributed by atoms with Crippen molar-refractivity contribution in [2.24, 2.45) is 0 Å². The van der Waals surface area contributed by atoms with Crippen LogP contribution in [0.1, 0.15) is 5.56 Å². The lowest BCUT2D eigenvalue weighted by Gasteiger charge is -2.15. The van der Waals surface area contributed by atoms with Gasteiger partial charge in [-0.1, -0.05) is 49.0 Å². The van der Waals surface area contributed by atoms with Gasteiger partial charge in [0, 0.05) is 16.8 Å². The highest BCUT2D eigenvalue weighted by Crippen LogP contribution is 2.38. The molecule has 0 aliphatic heterocycles. The third kappa shape index (κ3) is 5.13. The molecule has 0 radical (unpaired) electrons. The number of nitrogens with one attached hydrogen (secondary N) is 1. The van der Waals surface area contributed by atoms with Crippen molar-refractivity contribution in [2.45, 2.75) is 6.92 Å². The lowest BCUT2D eigenvalue weighted by molar-refractivity contribution is -0.137. The van der Waals surface area contributed by atoms with Gasteiger partial charge in [-0.3, -0.25) is 0 Å². The Morgan fingerprint density at radius 3 is 2.45 bits per heavy atom. The van der Waals surface area contributed by atoms with Gasteiger partial charge in [-0.2, -0.15) is 0 Å². The standard InChI is InChI=1S/C23H21NO5/c1-3-21(25)27-14-13-24-23(26)29-22-16(2)15-20(18-11-7-8-12-19(18)22)28-17-9-5-4-6-10-17/h3-12,15H,1,13-14H2,2H3,(H,24,26). The molecule has 0 saturated carbocycles. The van der Waals surface area contributed by atoms with Crippen molar-refractivity contribution in [1.82, 2.24) is 5.32 Å². The van der Waals surface area contributed by atoms with Gasteiger partial charge in [0.2, 0.25) is 0 Å². The van der Waals surface area contributed by atoms with Crippen molar-refractivity contribution < 1.29 is 23.8 Å². The smallest absolute Gasteiger partial charge is 0.412 e. The molecule has 0 aliphatic rings. The molecule has 148 valence electrons. The highest BCUT2D eigenvalue weighted by atomic mass is 16.6. The second-order valence-corrected chi connectivity index (χ2v) is 6.17. The quantitative estimate of drug-likeness (QED) is 0.357. The monoisotopic (exact) mass is 391 g/mol. The number of rotatable bonds is 7. The first kappa shape index (κ1) is 19.9. The van der Waals surface area contributed by atoms with Crippen LogP contribution in [-0.4, -0.2) is 25.2 Å². The molecule has 0 fully saturated rings. The Morgan fingerprint density at radius 2 is 1.72 bits per heavy atom. The molecule has 0 atom stereocenters. The number of esters is 1. The van der Waals surface area contributed by atoms with Crippen LogP contribution in [0.25, 0.3) is 10.8 Å². The Morgan fingerprint density at radius 1 is 1.03 bits per heavy atom. The van der Waals surface area contributed by atoms with Crippen molar-refractivity contribution >= 4 is 22.8 Å². The number of aryl methyl sites for hydroxylation is 1. The topological polar surface area (TPSA) is 73.9 Å². The molecule has 0 aromatic heterocycles. The highest BCUT2D eigenvalue weighted by molar-refractivity contribution is 5.96. The van der Waals surface area contributed by atoms with Crippen LogP contribution < -0.4 is 14.8 Å². The second-order valence-electron chi connectivity index (χ2n) is 6.17. The number of hydrogen-bond donors (Lipinski definition) is 1. The summed E-state index contributed by atoms with van der Waals surface area (Å²) < 4.78 is 16.4. The number of benzene rings is 3. The molecule has 1 N–H and O–H groups in total. The van der Waals surface area contributed by atoms with Crippen LogP contribution in [0.5, 0.6) is 17.2 Å². The van der Waals surface area contributed by atoms with Gasteiger partial charge < -0.3 is 19.5 Å². The Labute approximate surface area is 168 Å². The van der Waals surface area contributed by atoms with E-state index in [1.165, 1.54) is 0 Å². The summed E-state index contributed by atoms with van der Waals surface area (Å²) in [5.41, 5.74) is 0.753. The SMILES string of the molecule is C=CC(=O)OCCNC(=O)Oc1c(C)cc(Oc2ccccc2)c2ccccc12. The maximum atomic E-state index is 12.2. The lowest BCUT2D eigenvalue weighted by Crippen LogP contribution is -2.30. The van der Waals surface area contributed by atoms with Crippen LogP contribution >= 0.6 is 0 Å². The minimum atomic E-state index is -0.635. The van der Waals surface area contributed by atoms with Gasteiger partial charge in [-0.25, -0.2) is 9.59 Å². The molecule has 0 heterocycles. The molecule has 3 aromatic rings. The van der Waals surface area contributed by atoms with Crippen molar-refractivity contribution in [1.29, 1.82) is 0 Å². The molecule has 3 rings (SSSR count). The molecule has 3 aromatic carbocycles. The van der Waals surface area contributed by atoms with E-state index in [1.54, 1.807) is 0 Å². The number of ether oxygens (including phenoxy) is 3. The van der Waals surface area contributed by atoms with Crippen LogP contribution in [0.15, 0.2) is 73.3 Å². The third-order valence-electron chi connectivity index (χ3n) is 4.09. The summed E-state index contributed by atoms with van der Waals surface area (Å²) >= 11 is 0. The Balaban J connectivity index is 1.77. The maximum absolute atomic E-state index is 12.2. The van der Waals surface area contributed by atoms with Crippen LogP contribution in [0.4, 0.5) is 4.79 Å². The van der Waals surface area contributed by atoms with Crippen molar-refractivity contribution in [3.8, 4) is 17.2 Å². The zero-order valence-corrected chi connectivity index (χ0v) is 16.0. The zero-order chi connectivity index (χ0) is 20.6. The average molecular weight is 391 g/mol. The number of para-hydroxylation sites is 1. The molecular formula is C23H21NO5. The Kier molecular flexibility index (Phi) is 6.47. The van der Waals surface area contributed by atoms with E-state index in [0.29, 0.717) is 11.5 Å². The summed E-state index contributed by atoms with van der Waals surface area (Å²) in [6.07, 6.45) is 0.428. The summed E-state index contributed by atoms with van der Waals surface area (Å²) in [6, 6.07) is 18.9. The predicted molar refractivity (Wildman–Crippen MR) is 110 cm³/mol. The number of amides is 1. The Bertz CT molecular complexity index is 1030. The van der Waals surface area contributed by atoms with Gasteiger partial charge in [-0.05, 0) is 30.7 Å². The van der Waals surface area contributed by atoms with E-state index in [-0.39, 0.29) is 13.2 Å². The Hall–Kier alpha value is -3.80. The molecule has 6 heteroatoms. The van der Waals surface area contributed by atoms with Crippen LogP contribution in [-0.2, 0) is 9.53 Å². The fourth-order valence-electron chi connectivity index (χ4n) is 2.78. The summed E-state index contributed by atoms with van der Waals surface area (Å²) in [4.78, 5) is 23.2. The van der Waals surface area contributed by atoms with Gasteiger partial charge >= 0.3 is 12.1 Å². The molecule has 6 nitrogen and oxygen atoms in total. The molecular weight excluding hydrogens is 370 g/mol. The van der Waals surface area contributed by atoms with Gasteiger partial charge in [0.25, 0.3) is 0 Å². The van der Waals surface area contributed by atoms with E-state index in [1.807, 2.05) is 67.6 Å². The highest BCUT2D eigenvalue weighted by Gasteiger charge is 2.15. The van der Waals surface area contributed by atoms with Gasteiger partial charge in [0.1, 0.15) is 23.9 Å². The zero-order valence-electron chi connectivity index (χ0n) is 16.0. The largest absolute Gasteiger partial charge is 0.461 e. The van der Waals surface area contributed by atoms with E-state index < -0.39 is 12.1 Å². The number of carbonyl (C=O) groups is 2. The minimum Gasteiger partial charge on any atom is -0.461 e. The second kappa shape index (κ2) is 9.41. The number of hydrogen-bond acceptors (Lipinski definition) is 5. The molecule has 1 amide bonds. The van der Waals surface area contributed by atoms with E-state index >= 15 is 0 Å². The first-order valence-corrected chi connectivity index (χ1v) is 9.08. The van der Waals surface area contributed by atoms with E-state index in [9.17, 15) is 9.59 Å². The molecule has 29 heavy (non-hydrogen) atoms. The van der Waals surface area contributed by atoms with Gasteiger partial charge in [-0.15, -0.1) is 0 Å². The minimum absolute atomic E-state index is 0.0313. The summed E-state index contributed by atoms with van der Waals surface area (Å²) in [5, 5.41) is 4.13. The third-order valence-corrected chi connectivity index (χ3v) is 4.09. The van der Waals surface area contributed by atoms with Crippen LogP contribution in [0, 0.1) is 6.92 Å². The first-order chi connectivity index (χ1) is 14.1. The normalized spacial score (nSPS) is 10.2. The molecule has 0 unspecified atom stereocenters. The summed E-state index contributed by atoms with van der Waals surface area (Å²) in [6.45, 7) is 5.31. The van der Waals surface area contributed by atoms with Crippen LogP contribution in [0.3, 0.4) is 0 Å². The number of carbonyl (C=O) groups excluding carboxylic acids is 2. The maximum Gasteiger partial charge on any atom is 0.412 e. The van der Waals surface area contributed by atoms with Crippen molar-refractivity contribution in [3.05, 3.63) is 78.9 Å². The number of fused-ring (bicyclic) bond motifs is 1. The predicted octanol–water partition coefficient (Wildman–Crippen LogP) is 4.76. The average Bonchev–Trinajstić information content (AvgIpc) is 2.74. The van der Waals surface area contributed by atoms with E-state index in [2.05, 4.69) is 11.9 Å². The molecule has 0 spiro atoms. The molecule has 0 aliphatic carbocycles. The molecule has 0 bridgehead atoms. The van der Waals surface area contributed by atoms with Gasteiger partial charge in [0.05, 0.1) is 6.54 Å². The van der Waals surface area contributed by atoms with Gasteiger partial charge in [0.15, 0.2) is 0 Å². The first-order valence-electron chi connectivity index (χ1n) is 9.08. The molecule has 0 saturated heterocycles. The van der Waals surface area contributed by atoms with E-state index in [4.69, 9.17) is 14.2 Å². The van der Waals surface area contributed by atoms with E-state index in [0.717, 1.165) is 28.2 Å².